The Morgan fingerprint density at radius 2 is 2.11 bits per heavy atom. The number of benzene rings is 2. The number of allylic oxidation sites excluding steroid dienone is 1. The lowest BCUT2D eigenvalue weighted by atomic mass is 10.0. The molecule has 0 saturated heterocycles. The summed E-state index contributed by atoms with van der Waals surface area (Å²) < 4.78 is 5.62. The summed E-state index contributed by atoms with van der Waals surface area (Å²) in [6.45, 7) is 9.68. The van der Waals surface area contributed by atoms with Gasteiger partial charge in [0.2, 0.25) is 0 Å². The molecule has 27 heavy (non-hydrogen) atoms. The van der Waals surface area contributed by atoms with Gasteiger partial charge < -0.3 is 9.84 Å². The van der Waals surface area contributed by atoms with Gasteiger partial charge in [-0.3, -0.25) is 4.79 Å². The molecule has 0 aliphatic carbocycles. The summed E-state index contributed by atoms with van der Waals surface area (Å²) in [7, 11) is 0. The van der Waals surface area contributed by atoms with Gasteiger partial charge in [-0.2, -0.15) is 5.10 Å². The largest absolute Gasteiger partial charge is 0.507 e. The standard InChI is InChI=1S/C22H26N2O3/c1-5-7-17-8-6-9-19(22(17)26)13-23-24-21(25)14-27-20-12-18(15(2)3)11-10-16(20)4/h5-6,8-13,15,26H,1,7,14H2,2-4H3,(H,24,25)/b23-13+. The number of nitrogens with zero attached hydrogens (tertiary/aromatic N) is 1. The summed E-state index contributed by atoms with van der Waals surface area (Å²) in [4.78, 5) is 12.0. The number of hydrazone groups is 1. The summed E-state index contributed by atoms with van der Waals surface area (Å²) in [5.41, 5.74) is 5.82. The van der Waals surface area contributed by atoms with E-state index in [0.29, 0.717) is 23.7 Å². The number of hydrogen-bond donors (Lipinski definition) is 2. The SMILES string of the molecule is C=CCc1cccc(/C=N/NC(=O)COc2cc(C(C)C)ccc2C)c1O. The summed E-state index contributed by atoms with van der Waals surface area (Å²) >= 11 is 0. The summed E-state index contributed by atoms with van der Waals surface area (Å²) in [5, 5.41) is 14.1. The molecule has 5 heteroatoms. The molecule has 0 aliphatic heterocycles. The van der Waals surface area contributed by atoms with Crippen molar-refractivity contribution in [3.05, 3.63) is 71.3 Å². The van der Waals surface area contributed by atoms with Crippen LogP contribution in [-0.2, 0) is 11.2 Å². The van der Waals surface area contributed by atoms with Crippen molar-refractivity contribution in [2.45, 2.75) is 33.1 Å². The van der Waals surface area contributed by atoms with Gasteiger partial charge in [-0.05, 0) is 48.1 Å². The first kappa shape index (κ1) is 20.2. The summed E-state index contributed by atoms with van der Waals surface area (Å²) in [6, 6.07) is 11.3. The lowest BCUT2D eigenvalue weighted by molar-refractivity contribution is -0.123. The quantitative estimate of drug-likeness (QED) is 0.420. The average Bonchev–Trinajstić information content (AvgIpc) is 2.64. The van der Waals surface area contributed by atoms with Crippen molar-refractivity contribution in [2.75, 3.05) is 6.61 Å². The highest BCUT2D eigenvalue weighted by Crippen LogP contribution is 2.24. The van der Waals surface area contributed by atoms with Crippen LogP contribution in [0.3, 0.4) is 0 Å². The fraction of sp³-hybridized carbons (Fsp3) is 0.273. The van der Waals surface area contributed by atoms with Crippen LogP contribution in [0, 0.1) is 6.92 Å². The maximum Gasteiger partial charge on any atom is 0.277 e. The number of rotatable bonds is 8. The maximum atomic E-state index is 12.0. The van der Waals surface area contributed by atoms with Gasteiger partial charge >= 0.3 is 0 Å². The zero-order chi connectivity index (χ0) is 19.8. The molecule has 2 rings (SSSR count). The maximum absolute atomic E-state index is 12.0. The van der Waals surface area contributed by atoms with E-state index in [1.54, 1.807) is 12.1 Å². The van der Waals surface area contributed by atoms with Gasteiger partial charge in [-0.15, -0.1) is 6.58 Å². The molecule has 0 atom stereocenters. The monoisotopic (exact) mass is 366 g/mol. The van der Waals surface area contributed by atoms with Crippen molar-refractivity contribution in [2.24, 2.45) is 5.10 Å². The highest BCUT2D eigenvalue weighted by Gasteiger charge is 2.08. The number of phenols is 1. The van der Waals surface area contributed by atoms with E-state index in [2.05, 4.69) is 37.0 Å². The number of carbonyl (C=O) groups is 1. The highest BCUT2D eigenvalue weighted by molar-refractivity contribution is 5.86. The third-order valence-electron chi connectivity index (χ3n) is 4.15. The van der Waals surface area contributed by atoms with Crippen molar-refractivity contribution >= 4 is 12.1 Å². The van der Waals surface area contributed by atoms with Crippen molar-refractivity contribution in [3.63, 3.8) is 0 Å². The number of hydrogen-bond acceptors (Lipinski definition) is 4. The lowest BCUT2D eigenvalue weighted by Crippen LogP contribution is -2.24. The zero-order valence-electron chi connectivity index (χ0n) is 16.0. The Balaban J connectivity index is 1.94. The molecule has 1 amide bonds. The number of ether oxygens (including phenoxy) is 1. The van der Waals surface area contributed by atoms with Gasteiger partial charge in [0.1, 0.15) is 11.5 Å². The molecular formula is C22H26N2O3. The Morgan fingerprint density at radius 3 is 2.81 bits per heavy atom. The predicted octanol–water partition coefficient (Wildman–Crippen LogP) is 4.08. The van der Waals surface area contributed by atoms with E-state index in [1.807, 2.05) is 31.2 Å². The zero-order valence-corrected chi connectivity index (χ0v) is 16.0. The van der Waals surface area contributed by atoms with E-state index in [4.69, 9.17) is 4.74 Å². The first-order valence-corrected chi connectivity index (χ1v) is 8.89. The number of aryl methyl sites for hydroxylation is 1. The number of carbonyl (C=O) groups excluding carboxylic acids is 1. The first-order chi connectivity index (χ1) is 12.9. The number of aromatic hydroxyl groups is 1. The number of amides is 1. The smallest absolute Gasteiger partial charge is 0.277 e. The van der Waals surface area contributed by atoms with Crippen LogP contribution < -0.4 is 10.2 Å². The van der Waals surface area contributed by atoms with Crippen molar-refractivity contribution in [1.82, 2.24) is 5.43 Å². The van der Waals surface area contributed by atoms with Crippen LogP contribution >= 0.6 is 0 Å². The molecule has 2 aromatic rings. The Hall–Kier alpha value is -3.08. The Labute approximate surface area is 160 Å². The molecule has 0 unspecified atom stereocenters. The minimum Gasteiger partial charge on any atom is -0.507 e. The minimum absolute atomic E-state index is 0.132. The number of para-hydroxylation sites is 1. The van der Waals surface area contributed by atoms with Crippen LogP contribution in [0.1, 0.15) is 42.0 Å². The number of phenolic OH excluding ortho intramolecular Hbond substituents is 1. The second-order valence-corrected chi connectivity index (χ2v) is 6.61. The molecule has 0 spiro atoms. The molecule has 2 N–H and O–H groups in total. The highest BCUT2D eigenvalue weighted by atomic mass is 16.5. The molecule has 0 bridgehead atoms. The fourth-order valence-electron chi connectivity index (χ4n) is 2.52. The Morgan fingerprint density at radius 1 is 1.33 bits per heavy atom. The summed E-state index contributed by atoms with van der Waals surface area (Å²) in [5.74, 6) is 0.834. The van der Waals surface area contributed by atoms with Crippen LogP contribution in [-0.4, -0.2) is 23.8 Å². The van der Waals surface area contributed by atoms with E-state index < -0.39 is 0 Å². The molecule has 0 radical (unpaired) electrons. The molecular weight excluding hydrogens is 340 g/mol. The average molecular weight is 366 g/mol. The first-order valence-electron chi connectivity index (χ1n) is 8.89. The van der Waals surface area contributed by atoms with Gasteiger partial charge in [0, 0.05) is 5.56 Å². The predicted molar refractivity (Wildman–Crippen MR) is 109 cm³/mol. The molecule has 0 fully saturated rings. The second kappa shape index (κ2) is 9.57. The third-order valence-corrected chi connectivity index (χ3v) is 4.15. The van der Waals surface area contributed by atoms with E-state index >= 15 is 0 Å². The minimum atomic E-state index is -0.373. The number of nitrogens with one attached hydrogen (secondary N) is 1. The van der Waals surface area contributed by atoms with E-state index in [9.17, 15) is 9.90 Å². The van der Waals surface area contributed by atoms with Crippen molar-refractivity contribution < 1.29 is 14.6 Å². The lowest BCUT2D eigenvalue weighted by Gasteiger charge is -2.12. The molecule has 0 aromatic heterocycles. The van der Waals surface area contributed by atoms with Gasteiger partial charge in [-0.1, -0.05) is 44.2 Å². The Bertz CT molecular complexity index is 841. The fourth-order valence-corrected chi connectivity index (χ4v) is 2.52. The third kappa shape index (κ3) is 5.71. The molecule has 0 heterocycles. The van der Waals surface area contributed by atoms with Crippen LogP contribution in [0.25, 0.3) is 0 Å². The molecule has 142 valence electrons. The molecule has 0 saturated carbocycles. The molecule has 5 nitrogen and oxygen atoms in total. The van der Waals surface area contributed by atoms with Gasteiger partial charge in [0.05, 0.1) is 6.21 Å². The Kier molecular flexibility index (Phi) is 7.17. The normalized spacial score (nSPS) is 11.0. The second-order valence-electron chi connectivity index (χ2n) is 6.61. The topological polar surface area (TPSA) is 70.9 Å². The van der Waals surface area contributed by atoms with Gasteiger partial charge in [0.25, 0.3) is 5.91 Å². The molecule has 0 aliphatic rings. The van der Waals surface area contributed by atoms with Gasteiger partial charge in [-0.25, -0.2) is 5.43 Å². The van der Waals surface area contributed by atoms with Crippen LogP contribution in [0.4, 0.5) is 0 Å². The van der Waals surface area contributed by atoms with E-state index in [1.165, 1.54) is 6.21 Å². The van der Waals surface area contributed by atoms with Crippen LogP contribution in [0.5, 0.6) is 11.5 Å². The van der Waals surface area contributed by atoms with Crippen LogP contribution in [0.2, 0.25) is 0 Å². The van der Waals surface area contributed by atoms with Gasteiger partial charge in [0.15, 0.2) is 6.61 Å². The van der Waals surface area contributed by atoms with Crippen molar-refractivity contribution in [3.8, 4) is 11.5 Å². The van der Waals surface area contributed by atoms with Crippen molar-refractivity contribution in [1.29, 1.82) is 0 Å². The van der Waals surface area contributed by atoms with E-state index in [0.717, 1.165) is 16.7 Å². The summed E-state index contributed by atoms with van der Waals surface area (Å²) in [6.07, 6.45) is 3.68. The molecule has 2 aromatic carbocycles. The van der Waals surface area contributed by atoms with Crippen LogP contribution in [0.15, 0.2) is 54.2 Å². The van der Waals surface area contributed by atoms with E-state index in [-0.39, 0.29) is 18.3 Å².